The molecule has 0 spiro atoms. The Balaban J connectivity index is 2.02. The zero-order valence-electron chi connectivity index (χ0n) is 15.5. The number of rotatable bonds is 4. The molecular weight excluding hydrogens is 371 g/mol. The molecule has 28 heavy (non-hydrogen) atoms. The summed E-state index contributed by atoms with van der Waals surface area (Å²) in [5, 5.41) is 0.639. The summed E-state index contributed by atoms with van der Waals surface area (Å²) in [6.45, 7) is 1.91. The molecule has 0 aliphatic rings. The van der Waals surface area contributed by atoms with Crippen molar-refractivity contribution in [2.24, 2.45) is 0 Å². The molecule has 2 aromatic heterocycles. The van der Waals surface area contributed by atoms with E-state index in [1.807, 2.05) is 31.2 Å². The van der Waals surface area contributed by atoms with Crippen molar-refractivity contribution in [3.63, 3.8) is 0 Å². The summed E-state index contributed by atoms with van der Waals surface area (Å²) in [7, 11) is 3.68. The van der Waals surface area contributed by atoms with Crippen molar-refractivity contribution in [3.8, 4) is 16.9 Å². The molecule has 0 unspecified atom stereocenters. The van der Waals surface area contributed by atoms with Crippen LogP contribution in [0.3, 0.4) is 0 Å². The fourth-order valence-corrected chi connectivity index (χ4v) is 4.51. The van der Waals surface area contributed by atoms with Crippen molar-refractivity contribution in [1.29, 1.82) is 0 Å². The summed E-state index contributed by atoms with van der Waals surface area (Å²) in [5.74, 6) is 0.636. The number of ether oxygens (including phenoxy) is 1. The van der Waals surface area contributed by atoms with E-state index in [-0.39, 0.29) is 4.90 Å². The van der Waals surface area contributed by atoms with Gasteiger partial charge >= 0.3 is 0 Å². The van der Waals surface area contributed by atoms with Crippen LogP contribution in [0.5, 0.6) is 5.75 Å². The average Bonchev–Trinajstić information content (AvgIpc) is 3.07. The lowest BCUT2D eigenvalue weighted by molar-refractivity contribution is 0.416. The number of aryl methyl sites for hydroxylation is 1. The fourth-order valence-electron chi connectivity index (χ4n) is 3.18. The molecule has 138 valence electrons. The van der Waals surface area contributed by atoms with Gasteiger partial charge in [0, 0.05) is 28.9 Å². The number of aromatic nitrogens is 2. The van der Waals surface area contributed by atoms with Gasteiger partial charge in [-0.15, -0.1) is 0 Å². The second kappa shape index (κ2) is 6.84. The van der Waals surface area contributed by atoms with Gasteiger partial charge < -0.3 is 4.74 Å². The third-order valence-electron chi connectivity index (χ3n) is 4.61. The van der Waals surface area contributed by atoms with Crippen LogP contribution in [0.2, 0.25) is 0 Å². The van der Waals surface area contributed by atoms with Gasteiger partial charge in [-0.3, -0.25) is 0 Å². The van der Waals surface area contributed by atoms with E-state index in [9.17, 15) is 8.42 Å². The highest BCUT2D eigenvalue weighted by atomic mass is 32.2. The third kappa shape index (κ3) is 2.97. The molecule has 2 aromatic carbocycles. The highest BCUT2D eigenvalue weighted by molar-refractivity contribution is 7.90. The number of hydrogen-bond acceptors (Lipinski definition) is 4. The summed E-state index contributed by atoms with van der Waals surface area (Å²) < 4.78 is 33.3. The lowest BCUT2D eigenvalue weighted by atomic mass is 9.96. The number of para-hydroxylation sites is 1. The Bertz CT molecular complexity index is 1280. The predicted molar refractivity (Wildman–Crippen MR) is 111 cm³/mol. The van der Waals surface area contributed by atoms with Gasteiger partial charge in [-0.25, -0.2) is 17.4 Å². The number of fused-ring (bicyclic) bond motifs is 1. The summed E-state index contributed by atoms with van der Waals surface area (Å²) in [5.41, 5.74) is 3.20. The minimum atomic E-state index is -3.83. The highest BCUT2D eigenvalue weighted by Crippen LogP contribution is 2.36. The molecule has 0 atom stereocenters. The van der Waals surface area contributed by atoms with E-state index in [0.717, 1.165) is 11.1 Å². The van der Waals surface area contributed by atoms with Crippen molar-refractivity contribution in [2.45, 2.75) is 11.8 Å². The molecule has 4 aromatic rings. The summed E-state index contributed by atoms with van der Waals surface area (Å²) in [6, 6.07) is 15.9. The Morgan fingerprint density at radius 3 is 2.46 bits per heavy atom. The van der Waals surface area contributed by atoms with Crippen molar-refractivity contribution >= 4 is 34.4 Å². The summed E-state index contributed by atoms with van der Waals surface area (Å²) in [4.78, 5) is 4.50. The van der Waals surface area contributed by atoms with Gasteiger partial charge in [0.1, 0.15) is 13.6 Å². The molecule has 0 bridgehead atoms. The molecule has 4 rings (SSSR count). The molecule has 0 aliphatic carbocycles. The number of pyridine rings is 1. The molecule has 2 heterocycles. The first-order valence-electron chi connectivity index (χ1n) is 8.64. The molecule has 5 nitrogen and oxygen atoms in total. The van der Waals surface area contributed by atoms with Crippen LogP contribution < -0.4 is 10.2 Å². The van der Waals surface area contributed by atoms with Crippen LogP contribution >= 0.6 is 0 Å². The van der Waals surface area contributed by atoms with Crippen LogP contribution in [0.25, 0.3) is 22.2 Å². The first kappa shape index (κ1) is 18.3. The molecule has 7 heteroatoms. The maximum Gasteiger partial charge on any atom is 0.269 e. The first-order valence-corrected chi connectivity index (χ1v) is 10.1. The van der Waals surface area contributed by atoms with Crippen LogP contribution in [-0.2, 0) is 10.0 Å². The van der Waals surface area contributed by atoms with Gasteiger partial charge in [0.15, 0.2) is 5.65 Å². The fraction of sp³-hybridized carbons (Fsp3) is 0.0952. The monoisotopic (exact) mass is 388 g/mol. The molecule has 0 aliphatic heterocycles. The normalized spacial score (nSPS) is 11.6. The average molecular weight is 388 g/mol. The largest absolute Gasteiger partial charge is 0.496 e. The van der Waals surface area contributed by atoms with E-state index in [2.05, 4.69) is 4.98 Å². The molecule has 0 amide bonds. The highest BCUT2D eigenvalue weighted by Gasteiger charge is 2.23. The van der Waals surface area contributed by atoms with Gasteiger partial charge in [-0.05, 0) is 25.1 Å². The van der Waals surface area contributed by atoms with Crippen LogP contribution in [0.15, 0.2) is 71.9 Å². The quantitative estimate of drug-likeness (QED) is 0.505. The summed E-state index contributed by atoms with van der Waals surface area (Å²) in [6.07, 6.45) is 3.03. The topological polar surface area (TPSA) is 61.2 Å². The predicted octanol–water partition coefficient (Wildman–Crippen LogP) is 3.05. The van der Waals surface area contributed by atoms with E-state index in [1.54, 1.807) is 43.6 Å². The maximum atomic E-state index is 13.3. The summed E-state index contributed by atoms with van der Waals surface area (Å²) >= 11 is 0. The standard InChI is InChI=1S/C21H17BN2O3S/c1-14-7-9-16(10-8-14)28(25,26)24-13-19(17-5-3-4-6-20(17)27-2)18-11-15(22)12-23-21(18)24/h3-13H,1-2H3. The second-order valence-corrected chi connectivity index (χ2v) is 8.31. The van der Waals surface area contributed by atoms with Gasteiger partial charge in [0.2, 0.25) is 0 Å². The molecular formula is C21H17BN2O3S. The zero-order chi connectivity index (χ0) is 19.9. The third-order valence-corrected chi connectivity index (χ3v) is 6.27. The van der Waals surface area contributed by atoms with Crippen molar-refractivity contribution in [3.05, 3.63) is 72.6 Å². The van der Waals surface area contributed by atoms with Crippen molar-refractivity contribution < 1.29 is 13.2 Å². The smallest absolute Gasteiger partial charge is 0.269 e. The zero-order valence-corrected chi connectivity index (χ0v) is 16.3. The molecule has 2 radical (unpaired) electrons. The molecule has 0 saturated heterocycles. The van der Waals surface area contributed by atoms with Gasteiger partial charge in [-0.1, -0.05) is 47.4 Å². The Morgan fingerprint density at radius 1 is 1.04 bits per heavy atom. The maximum absolute atomic E-state index is 13.3. The van der Waals surface area contributed by atoms with Crippen LogP contribution in [0.4, 0.5) is 0 Å². The van der Waals surface area contributed by atoms with E-state index >= 15 is 0 Å². The Hall–Kier alpha value is -3.06. The second-order valence-electron chi connectivity index (χ2n) is 6.50. The Kier molecular flexibility index (Phi) is 4.47. The van der Waals surface area contributed by atoms with Crippen molar-refractivity contribution in [2.75, 3.05) is 7.11 Å². The van der Waals surface area contributed by atoms with Crippen LogP contribution in [0.1, 0.15) is 5.56 Å². The van der Waals surface area contributed by atoms with Crippen LogP contribution in [0, 0.1) is 6.92 Å². The number of methoxy groups -OCH3 is 1. The van der Waals surface area contributed by atoms with E-state index in [0.29, 0.717) is 27.8 Å². The van der Waals surface area contributed by atoms with Gasteiger partial charge in [0.25, 0.3) is 10.0 Å². The van der Waals surface area contributed by atoms with Crippen LogP contribution in [-0.4, -0.2) is 32.3 Å². The first-order chi connectivity index (χ1) is 13.4. The minimum Gasteiger partial charge on any atom is -0.496 e. The Morgan fingerprint density at radius 2 is 1.75 bits per heavy atom. The lowest BCUT2D eigenvalue weighted by Crippen LogP contribution is -2.13. The SMILES string of the molecule is [B]c1cnc2c(c1)c(-c1ccccc1OC)cn2S(=O)(=O)c1ccc(C)cc1. The van der Waals surface area contributed by atoms with E-state index in [4.69, 9.17) is 12.6 Å². The van der Waals surface area contributed by atoms with E-state index in [1.165, 1.54) is 10.2 Å². The van der Waals surface area contributed by atoms with E-state index < -0.39 is 10.0 Å². The van der Waals surface area contributed by atoms with Gasteiger partial charge in [-0.2, -0.15) is 0 Å². The molecule has 0 fully saturated rings. The van der Waals surface area contributed by atoms with Gasteiger partial charge in [0.05, 0.1) is 12.0 Å². The molecule has 0 N–H and O–H groups in total. The minimum absolute atomic E-state index is 0.195. The lowest BCUT2D eigenvalue weighted by Gasteiger charge is -2.07. The Labute approximate surface area is 165 Å². The number of benzene rings is 2. The number of hydrogen-bond donors (Lipinski definition) is 0. The van der Waals surface area contributed by atoms with Crippen molar-refractivity contribution in [1.82, 2.24) is 8.96 Å². The number of nitrogens with zero attached hydrogens (tertiary/aromatic N) is 2. The molecule has 0 saturated carbocycles.